The number of allylic oxidation sites excluding steroid dienone is 2. The van der Waals surface area contributed by atoms with Crippen molar-refractivity contribution in [3.8, 4) is 0 Å². The minimum Gasteiger partial charge on any atom is -0.390 e. The number of alkyl halides is 3. The van der Waals surface area contributed by atoms with E-state index in [0.717, 1.165) is 5.57 Å². The molecule has 1 heterocycles. The van der Waals surface area contributed by atoms with Gasteiger partial charge in [-0.25, -0.2) is 0 Å². The van der Waals surface area contributed by atoms with Crippen molar-refractivity contribution >= 4 is 0 Å². The number of nitrogens with one attached hydrogen (secondary N) is 1. The lowest BCUT2D eigenvalue weighted by molar-refractivity contribution is -0.307. The van der Waals surface area contributed by atoms with Gasteiger partial charge in [-0.15, -0.1) is 13.2 Å². The summed E-state index contributed by atoms with van der Waals surface area (Å²) in [6.07, 6.45) is -1.54. The van der Waals surface area contributed by atoms with Gasteiger partial charge in [0.1, 0.15) is 0 Å². The SMILES string of the molecule is CC1=CCNC(OC(F)(F)F)=C1. The standard InChI is InChI=1S/C7H8F3NO/c1-5-2-3-11-6(4-5)12-7(8,9)10/h2,4,11H,3H2,1H3. The van der Waals surface area contributed by atoms with Crippen LogP contribution in [0.5, 0.6) is 0 Å². The number of hydrogen-bond donors (Lipinski definition) is 1. The van der Waals surface area contributed by atoms with E-state index in [1.807, 2.05) is 0 Å². The molecule has 0 atom stereocenters. The maximum absolute atomic E-state index is 11.6. The molecule has 1 N–H and O–H groups in total. The summed E-state index contributed by atoms with van der Waals surface area (Å²) in [6, 6.07) is 0. The van der Waals surface area contributed by atoms with Crippen molar-refractivity contribution in [1.82, 2.24) is 5.32 Å². The van der Waals surface area contributed by atoms with Crippen LogP contribution in [-0.4, -0.2) is 12.9 Å². The predicted molar refractivity (Wildman–Crippen MR) is 37.0 cm³/mol. The molecular weight excluding hydrogens is 171 g/mol. The molecule has 0 aliphatic carbocycles. The van der Waals surface area contributed by atoms with Crippen LogP contribution in [0.25, 0.3) is 0 Å². The van der Waals surface area contributed by atoms with E-state index in [-0.39, 0.29) is 5.88 Å². The molecular formula is C7H8F3NO. The molecule has 2 nitrogen and oxygen atoms in total. The maximum Gasteiger partial charge on any atom is 0.574 e. The van der Waals surface area contributed by atoms with Gasteiger partial charge in [0.25, 0.3) is 0 Å². The molecule has 0 bridgehead atoms. The summed E-state index contributed by atoms with van der Waals surface area (Å²) in [7, 11) is 0. The van der Waals surface area contributed by atoms with E-state index in [2.05, 4.69) is 10.1 Å². The Morgan fingerprint density at radius 1 is 1.50 bits per heavy atom. The van der Waals surface area contributed by atoms with Crippen LogP contribution in [0.1, 0.15) is 6.92 Å². The van der Waals surface area contributed by atoms with Gasteiger partial charge >= 0.3 is 6.36 Å². The zero-order chi connectivity index (χ0) is 9.19. The first-order valence-electron chi connectivity index (χ1n) is 3.35. The van der Waals surface area contributed by atoms with Crippen molar-refractivity contribution in [1.29, 1.82) is 0 Å². The molecule has 1 aliphatic heterocycles. The summed E-state index contributed by atoms with van der Waals surface area (Å²) in [6.45, 7) is 2.08. The van der Waals surface area contributed by atoms with Crippen LogP contribution >= 0.6 is 0 Å². The predicted octanol–water partition coefficient (Wildman–Crippen LogP) is 1.91. The van der Waals surface area contributed by atoms with Gasteiger partial charge < -0.3 is 10.1 Å². The van der Waals surface area contributed by atoms with E-state index in [4.69, 9.17) is 0 Å². The Morgan fingerprint density at radius 3 is 2.67 bits per heavy atom. The third kappa shape index (κ3) is 2.86. The molecule has 0 saturated carbocycles. The van der Waals surface area contributed by atoms with E-state index in [1.54, 1.807) is 13.0 Å². The molecule has 0 radical (unpaired) electrons. The Labute approximate surface area is 67.7 Å². The summed E-state index contributed by atoms with van der Waals surface area (Å²) in [5.41, 5.74) is 0.757. The molecule has 68 valence electrons. The summed E-state index contributed by atoms with van der Waals surface area (Å²) in [4.78, 5) is 0. The van der Waals surface area contributed by atoms with Gasteiger partial charge in [-0.2, -0.15) is 0 Å². The summed E-state index contributed by atoms with van der Waals surface area (Å²) in [5, 5.41) is 2.45. The molecule has 0 aromatic heterocycles. The lowest BCUT2D eigenvalue weighted by atomic mass is 10.2. The van der Waals surface area contributed by atoms with Gasteiger partial charge in [0, 0.05) is 12.6 Å². The average Bonchev–Trinajstić information content (AvgIpc) is 1.82. The van der Waals surface area contributed by atoms with Crippen molar-refractivity contribution < 1.29 is 17.9 Å². The Morgan fingerprint density at radius 2 is 2.17 bits per heavy atom. The molecule has 0 aromatic rings. The third-order valence-electron chi connectivity index (χ3n) is 1.28. The normalized spacial score (nSPS) is 17.7. The second-order valence-corrected chi connectivity index (χ2v) is 2.39. The highest BCUT2D eigenvalue weighted by Gasteiger charge is 2.32. The zero-order valence-corrected chi connectivity index (χ0v) is 6.40. The van der Waals surface area contributed by atoms with E-state index >= 15 is 0 Å². The first kappa shape index (κ1) is 8.96. The highest BCUT2D eigenvalue weighted by molar-refractivity contribution is 5.22. The van der Waals surface area contributed by atoms with E-state index < -0.39 is 6.36 Å². The lowest BCUT2D eigenvalue weighted by Gasteiger charge is -2.16. The minimum atomic E-state index is -4.61. The van der Waals surface area contributed by atoms with Crippen LogP contribution in [0, 0.1) is 0 Å². The van der Waals surface area contributed by atoms with Gasteiger partial charge in [0.15, 0.2) is 5.88 Å². The van der Waals surface area contributed by atoms with Crippen molar-refractivity contribution in [2.24, 2.45) is 0 Å². The monoisotopic (exact) mass is 179 g/mol. The van der Waals surface area contributed by atoms with Gasteiger partial charge in [-0.05, 0) is 12.5 Å². The molecule has 0 spiro atoms. The highest BCUT2D eigenvalue weighted by atomic mass is 19.4. The van der Waals surface area contributed by atoms with Gasteiger partial charge in [-0.3, -0.25) is 0 Å². The van der Waals surface area contributed by atoms with Crippen molar-refractivity contribution in [3.63, 3.8) is 0 Å². The Kier molecular flexibility index (Phi) is 2.30. The molecule has 0 amide bonds. The maximum atomic E-state index is 11.6. The van der Waals surface area contributed by atoms with E-state index in [1.165, 1.54) is 6.08 Å². The smallest absolute Gasteiger partial charge is 0.390 e. The topological polar surface area (TPSA) is 21.3 Å². The third-order valence-corrected chi connectivity index (χ3v) is 1.28. The van der Waals surface area contributed by atoms with Crippen LogP contribution in [0.3, 0.4) is 0 Å². The molecule has 0 unspecified atom stereocenters. The summed E-state index contributed by atoms with van der Waals surface area (Å²) < 4.78 is 38.6. The number of ether oxygens (including phenoxy) is 1. The summed E-state index contributed by atoms with van der Waals surface area (Å²) >= 11 is 0. The largest absolute Gasteiger partial charge is 0.574 e. The zero-order valence-electron chi connectivity index (χ0n) is 6.40. The van der Waals surface area contributed by atoms with Gasteiger partial charge in [-0.1, -0.05) is 6.08 Å². The van der Waals surface area contributed by atoms with Crippen LogP contribution in [0.4, 0.5) is 13.2 Å². The number of hydrogen-bond acceptors (Lipinski definition) is 2. The molecule has 5 heteroatoms. The second-order valence-electron chi connectivity index (χ2n) is 2.39. The number of rotatable bonds is 1. The molecule has 12 heavy (non-hydrogen) atoms. The fourth-order valence-corrected chi connectivity index (χ4v) is 0.820. The molecule has 0 fully saturated rings. The van der Waals surface area contributed by atoms with Crippen molar-refractivity contribution in [2.75, 3.05) is 6.54 Å². The van der Waals surface area contributed by atoms with Gasteiger partial charge in [0.2, 0.25) is 0 Å². The van der Waals surface area contributed by atoms with E-state index in [9.17, 15) is 13.2 Å². The average molecular weight is 179 g/mol. The van der Waals surface area contributed by atoms with Crippen molar-refractivity contribution in [3.05, 3.63) is 23.6 Å². The molecule has 0 aromatic carbocycles. The van der Waals surface area contributed by atoms with Crippen LogP contribution in [0.2, 0.25) is 0 Å². The molecule has 1 rings (SSSR count). The quantitative estimate of drug-likeness (QED) is 0.663. The second kappa shape index (κ2) is 3.08. The van der Waals surface area contributed by atoms with Crippen molar-refractivity contribution in [2.45, 2.75) is 13.3 Å². The highest BCUT2D eigenvalue weighted by Crippen LogP contribution is 2.21. The lowest BCUT2D eigenvalue weighted by Crippen LogP contribution is -2.25. The van der Waals surface area contributed by atoms with E-state index in [0.29, 0.717) is 6.54 Å². The first-order valence-corrected chi connectivity index (χ1v) is 3.35. The Hall–Kier alpha value is -1.13. The van der Waals surface area contributed by atoms with Gasteiger partial charge in [0.05, 0.1) is 0 Å². The summed E-state index contributed by atoms with van der Waals surface area (Å²) in [5.74, 6) is -0.248. The molecule has 0 saturated heterocycles. The Balaban J connectivity index is 2.59. The number of dihydropyridines is 1. The van der Waals surface area contributed by atoms with Crippen LogP contribution in [-0.2, 0) is 4.74 Å². The molecule has 1 aliphatic rings. The Bertz CT molecular complexity index is 229. The fourth-order valence-electron chi connectivity index (χ4n) is 0.820. The van der Waals surface area contributed by atoms with Crippen LogP contribution < -0.4 is 5.32 Å². The number of halogens is 3. The fraction of sp³-hybridized carbons (Fsp3) is 0.429. The minimum absolute atomic E-state index is 0.248. The van der Waals surface area contributed by atoms with Crippen LogP contribution in [0.15, 0.2) is 23.6 Å². The first-order chi connectivity index (χ1) is 5.47.